The summed E-state index contributed by atoms with van der Waals surface area (Å²) < 4.78 is 72.1. The molecule has 0 amide bonds. The van der Waals surface area contributed by atoms with Crippen LogP contribution in [0.15, 0.2) is 124 Å². The van der Waals surface area contributed by atoms with Crippen molar-refractivity contribution in [2.24, 2.45) is 0 Å². The Bertz CT molecular complexity index is 2730. The molecule has 4 heterocycles. The van der Waals surface area contributed by atoms with Gasteiger partial charge in [0.2, 0.25) is 5.88 Å². The molecule has 4 aromatic carbocycles. The van der Waals surface area contributed by atoms with Crippen molar-refractivity contribution in [2.75, 3.05) is 34.9 Å². The van der Waals surface area contributed by atoms with Gasteiger partial charge in [0, 0.05) is 37.3 Å². The van der Waals surface area contributed by atoms with Crippen molar-refractivity contribution >= 4 is 94.0 Å². The number of nitrogens with zero attached hydrogens (tertiary/aromatic N) is 4. The van der Waals surface area contributed by atoms with E-state index in [2.05, 4.69) is 25.9 Å². The summed E-state index contributed by atoms with van der Waals surface area (Å²) in [6.45, 7) is 4.62. The Balaban J connectivity index is 0.000000173. The van der Waals surface area contributed by atoms with Gasteiger partial charge in [0.15, 0.2) is 23.1 Å². The van der Waals surface area contributed by atoms with Crippen LogP contribution in [0.2, 0.25) is 20.1 Å². The minimum absolute atomic E-state index is 0.0930. The third kappa shape index (κ3) is 11.0. The molecule has 0 saturated heterocycles. The zero-order valence-corrected chi connectivity index (χ0v) is 38.7. The summed E-state index contributed by atoms with van der Waals surface area (Å²) >= 11 is 27.0. The molecule has 0 atom stereocenters. The largest absolute Gasteiger partial charge is 0.488 e. The van der Waals surface area contributed by atoms with Gasteiger partial charge < -0.3 is 19.3 Å². The highest BCUT2D eigenvalue weighted by molar-refractivity contribution is 9.10. The summed E-state index contributed by atoms with van der Waals surface area (Å²) in [7, 11) is -7.45. The van der Waals surface area contributed by atoms with Gasteiger partial charge in [-0.2, -0.15) is 4.98 Å². The van der Waals surface area contributed by atoms with Gasteiger partial charge in [-0.25, -0.2) is 30.4 Å². The third-order valence-corrected chi connectivity index (χ3v) is 14.4. The second-order valence-electron chi connectivity index (χ2n) is 13.3. The zero-order chi connectivity index (χ0) is 43.9. The molecule has 0 fully saturated rings. The summed E-state index contributed by atoms with van der Waals surface area (Å²) in [5.41, 5.74) is 2.96. The van der Waals surface area contributed by atoms with Crippen molar-refractivity contribution in [3.8, 4) is 17.4 Å². The van der Waals surface area contributed by atoms with Crippen LogP contribution in [0.3, 0.4) is 0 Å². The van der Waals surface area contributed by atoms with Crippen LogP contribution in [0, 0.1) is 13.8 Å². The van der Waals surface area contributed by atoms with Gasteiger partial charge in [-0.05, 0) is 108 Å². The molecule has 0 bridgehead atoms. The lowest BCUT2D eigenvalue weighted by atomic mass is 10.2. The van der Waals surface area contributed by atoms with E-state index < -0.39 is 20.0 Å². The molecule has 2 aliphatic heterocycles. The zero-order valence-electron chi connectivity index (χ0n) is 32.4. The maximum Gasteiger partial charge on any atom is 0.265 e. The molecule has 8 rings (SSSR count). The van der Waals surface area contributed by atoms with Crippen molar-refractivity contribution in [1.82, 2.24) is 9.97 Å². The van der Waals surface area contributed by atoms with Crippen LogP contribution in [-0.2, 0) is 33.3 Å². The first kappa shape index (κ1) is 46.2. The number of hydrogen-bond acceptors (Lipinski definition) is 10. The second-order valence-corrected chi connectivity index (χ2v) is 19.4. The number of hydrogen-bond donors (Lipinski definition) is 1. The number of aliphatic hydroxyl groups is 1. The van der Waals surface area contributed by atoms with Crippen LogP contribution in [0.25, 0.3) is 0 Å². The van der Waals surface area contributed by atoms with Crippen molar-refractivity contribution in [3.05, 3.63) is 156 Å². The Morgan fingerprint density at radius 2 is 1.08 bits per heavy atom. The lowest BCUT2D eigenvalue weighted by molar-refractivity contribution is 0.282. The van der Waals surface area contributed by atoms with Crippen LogP contribution in [0.5, 0.6) is 17.4 Å². The minimum Gasteiger partial charge on any atom is -0.488 e. The van der Waals surface area contributed by atoms with Crippen LogP contribution >= 0.6 is 62.3 Å². The first-order chi connectivity index (χ1) is 29.1. The number of ether oxygens (including phenoxy) is 3. The SMILES string of the molecule is Cc1cccc(S(=O)(=O)N2CCOc3ccc(Br)nc32)c1.Cc1cccc(S(=O)(=O)N2CCOc3ccc(OCc4c(Cl)cccc4Cl)nc32)c1.OCc1c(Cl)cccc1Cl. The van der Waals surface area contributed by atoms with Crippen molar-refractivity contribution in [3.63, 3.8) is 0 Å². The van der Waals surface area contributed by atoms with E-state index in [1.165, 1.54) is 8.61 Å². The quantitative estimate of drug-likeness (QED) is 0.146. The molecule has 12 nitrogen and oxygen atoms in total. The second kappa shape index (κ2) is 20.2. The number of rotatable bonds is 8. The Morgan fingerprint density at radius 1 is 0.639 bits per heavy atom. The Hall–Kier alpha value is -4.32. The van der Waals surface area contributed by atoms with Crippen LogP contribution < -0.4 is 22.8 Å². The number of sulfonamides is 2. The van der Waals surface area contributed by atoms with Crippen molar-refractivity contribution < 1.29 is 36.2 Å². The lowest BCUT2D eigenvalue weighted by Crippen LogP contribution is -2.38. The molecule has 2 aliphatic rings. The molecule has 0 spiro atoms. The number of pyridine rings is 2. The predicted molar refractivity (Wildman–Crippen MR) is 242 cm³/mol. The van der Waals surface area contributed by atoms with Gasteiger partial charge in [0.25, 0.3) is 20.0 Å². The van der Waals surface area contributed by atoms with E-state index in [-0.39, 0.29) is 54.4 Å². The molecule has 0 aliphatic carbocycles. The van der Waals surface area contributed by atoms with E-state index in [0.717, 1.165) is 11.1 Å². The first-order valence-corrected chi connectivity index (χ1v) is 23.5. The van der Waals surface area contributed by atoms with Gasteiger partial charge in [-0.3, -0.25) is 0 Å². The van der Waals surface area contributed by atoms with Crippen LogP contribution in [0.4, 0.5) is 11.6 Å². The van der Waals surface area contributed by atoms with Gasteiger partial charge in [0.1, 0.15) is 24.4 Å². The summed E-state index contributed by atoms with van der Waals surface area (Å²) in [6, 6.07) is 30.6. The van der Waals surface area contributed by atoms with E-state index in [1.807, 2.05) is 26.0 Å². The molecule has 0 unspecified atom stereocenters. The summed E-state index contributed by atoms with van der Waals surface area (Å²) in [4.78, 5) is 9.11. The standard InChI is InChI=1S/C21H18Cl2N2O4S.C14H13BrN2O3S.C7H6Cl2O/c1-14-4-2-5-15(12-14)30(26,27)25-10-11-28-19-8-9-20(24-21(19)25)29-13-16-17(22)6-3-7-18(16)23;1-10-3-2-4-11(9-10)21(18,19)17-7-8-20-12-5-6-13(15)16-14(12)17;8-6-2-1-3-7(9)5(6)4-10/h2-9,12H,10-11,13H2,1H3;2-6,9H,7-8H2,1H3;1-3,10H,4H2. The monoisotopic (exact) mass is 1010 g/mol. The highest BCUT2D eigenvalue weighted by Crippen LogP contribution is 2.37. The van der Waals surface area contributed by atoms with Crippen molar-refractivity contribution in [1.29, 1.82) is 0 Å². The average molecular weight is 1010 g/mol. The Labute approximate surface area is 382 Å². The van der Waals surface area contributed by atoms with Crippen LogP contribution in [0.1, 0.15) is 22.3 Å². The average Bonchev–Trinajstić information content (AvgIpc) is 3.23. The van der Waals surface area contributed by atoms with E-state index in [4.69, 9.17) is 65.7 Å². The molecule has 320 valence electrons. The number of benzene rings is 4. The number of halogens is 5. The fourth-order valence-electron chi connectivity index (χ4n) is 5.96. The number of fused-ring (bicyclic) bond motifs is 2. The molecule has 19 heteroatoms. The normalized spacial score (nSPS) is 13.2. The van der Waals surface area contributed by atoms with Gasteiger partial charge >= 0.3 is 0 Å². The highest BCUT2D eigenvalue weighted by atomic mass is 79.9. The van der Waals surface area contributed by atoms with Gasteiger partial charge in [-0.1, -0.05) is 82.8 Å². The molecule has 6 aromatic rings. The molecule has 0 radical (unpaired) electrons. The number of anilines is 2. The summed E-state index contributed by atoms with van der Waals surface area (Å²) in [5, 5.41) is 10.7. The minimum atomic E-state index is -3.80. The number of aromatic nitrogens is 2. The molecular weight excluding hydrogens is 974 g/mol. The molecule has 0 saturated carbocycles. The van der Waals surface area contributed by atoms with Crippen LogP contribution in [-0.4, -0.2) is 58.2 Å². The molecule has 1 N–H and O–H groups in total. The maximum absolute atomic E-state index is 13.2. The highest BCUT2D eigenvalue weighted by Gasteiger charge is 2.33. The molecule has 2 aromatic heterocycles. The van der Waals surface area contributed by atoms with Gasteiger partial charge in [0.05, 0.1) is 29.5 Å². The summed E-state index contributed by atoms with van der Waals surface area (Å²) in [6.07, 6.45) is 0. The van der Waals surface area contributed by atoms with Crippen molar-refractivity contribution in [2.45, 2.75) is 36.9 Å². The Kier molecular flexibility index (Phi) is 15.3. The third-order valence-electron chi connectivity index (χ3n) is 9.00. The maximum atomic E-state index is 13.2. The van der Waals surface area contributed by atoms with E-state index in [1.54, 1.807) is 97.1 Å². The van der Waals surface area contributed by atoms with E-state index in [0.29, 0.717) is 59.7 Å². The fraction of sp³-hybridized carbons (Fsp3) is 0.190. The topological polar surface area (TPSA) is 148 Å². The van der Waals surface area contributed by atoms with E-state index >= 15 is 0 Å². The first-order valence-electron chi connectivity index (χ1n) is 18.3. The number of aliphatic hydroxyl groups excluding tert-OH is 1. The smallest absolute Gasteiger partial charge is 0.265 e. The predicted octanol–water partition coefficient (Wildman–Crippen LogP) is 10.1. The molecule has 61 heavy (non-hydrogen) atoms. The number of aryl methyl sites for hydroxylation is 2. The van der Waals surface area contributed by atoms with E-state index in [9.17, 15) is 16.8 Å². The summed E-state index contributed by atoms with van der Waals surface area (Å²) in [5.74, 6) is 1.59. The molecular formula is C42H37BrCl4N4O8S2. The fourth-order valence-corrected chi connectivity index (χ4v) is 10.3. The van der Waals surface area contributed by atoms with Gasteiger partial charge in [-0.15, -0.1) is 0 Å². The lowest BCUT2D eigenvalue weighted by Gasteiger charge is -2.29. The Morgan fingerprint density at radius 3 is 1.54 bits per heavy atom.